The van der Waals surface area contributed by atoms with Gasteiger partial charge in [0.25, 0.3) is 0 Å². The standard InChI is InChI=1S/C20H32N2O3/c1-20(2,3)25-19(24)22(12-7-15-23)18-10-13-21(14-11-18)16-17-8-5-4-6-9-17/h4-6,8-9,18,23H,7,10-16H2,1-3H3. The number of aliphatic hydroxyl groups is 1. The Hall–Kier alpha value is -1.59. The van der Waals surface area contributed by atoms with E-state index >= 15 is 0 Å². The van der Waals surface area contributed by atoms with Gasteiger partial charge >= 0.3 is 6.09 Å². The summed E-state index contributed by atoms with van der Waals surface area (Å²) in [6.45, 7) is 9.19. The molecule has 0 bridgehead atoms. The number of carbonyl (C=O) groups is 1. The van der Waals surface area contributed by atoms with Crippen molar-refractivity contribution >= 4 is 6.09 Å². The number of ether oxygens (including phenoxy) is 1. The first-order valence-corrected chi connectivity index (χ1v) is 9.26. The maximum atomic E-state index is 12.5. The highest BCUT2D eigenvalue weighted by atomic mass is 16.6. The van der Waals surface area contributed by atoms with E-state index in [0.29, 0.717) is 13.0 Å². The van der Waals surface area contributed by atoms with Gasteiger partial charge in [0, 0.05) is 38.8 Å². The number of hydrogen-bond acceptors (Lipinski definition) is 4. The van der Waals surface area contributed by atoms with Gasteiger partial charge in [0.1, 0.15) is 5.60 Å². The second kappa shape index (κ2) is 9.20. The van der Waals surface area contributed by atoms with E-state index in [1.54, 1.807) is 0 Å². The molecule has 0 radical (unpaired) electrons. The van der Waals surface area contributed by atoms with E-state index in [1.807, 2.05) is 31.7 Å². The zero-order chi connectivity index (χ0) is 18.3. The lowest BCUT2D eigenvalue weighted by atomic mass is 10.0. The van der Waals surface area contributed by atoms with Crippen LogP contribution in [0.4, 0.5) is 4.79 Å². The molecule has 1 aliphatic rings. The van der Waals surface area contributed by atoms with Crippen LogP contribution >= 0.6 is 0 Å². The van der Waals surface area contributed by atoms with Crippen LogP contribution in [0, 0.1) is 0 Å². The molecule has 0 spiro atoms. The summed E-state index contributed by atoms with van der Waals surface area (Å²) >= 11 is 0. The van der Waals surface area contributed by atoms with Crippen molar-refractivity contribution in [2.75, 3.05) is 26.2 Å². The Balaban J connectivity index is 1.90. The first-order valence-electron chi connectivity index (χ1n) is 9.26. The van der Waals surface area contributed by atoms with E-state index in [2.05, 4.69) is 29.2 Å². The van der Waals surface area contributed by atoms with Crippen molar-refractivity contribution in [3.8, 4) is 0 Å². The fourth-order valence-electron chi connectivity index (χ4n) is 3.22. The van der Waals surface area contributed by atoms with Gasteiger partial charge in [0.05, 0.1) is 0 Å². The summed E-state index contributed by atoms with van der Waals surface area (Å²) < 4.78 is 5.56. The van der Waals surface area contributed by atoms with Crippen LogP contribution in [0.2, 0.25) is 0 Å². The van der Waals surface area contributed by atoms with Crippen molar-refractivity contribution in [1.82, 2.24) is 9.80 Å². The molecule has 1 saturated heterocycles. The predicted molar refractivity (Wildman–Crippen MR) is 99.4 cm³/mol. The van der Waals surface area contributed by atoms with Crippen LogP contribution in [-0.4, -0.2) is 58.9 Å². The normalized spacial score (nSPS) is 16.6. The molecule has 1 N–H and O–H groups in total. The largest absolute Gasteiger partial charge is 0.444 e. The lowest BCUT2D eigenvalue weighted by molar-refractivity contribution is 0.00655. The summed E-state index contributed by atoms with van der Waals surface area (Å²) in [7, 11) is 0. The highest BCUT2D eigenvalue weighted by Crippen LogP contribution is 2.21. The Morgan fingerprint density at radius 3 is 2.44 bits per heavy atom. The average Bonchev–Trinajstić information content (AvgIpc) is 2.56. The van der Waals surface area contributed by atoms with E-state index in [4.69, 9.17) is 9.84 Å². The fraction of sp³-hybridized carbons (Fsp3) is 0.650. The fourth-order valence-corrected chi connectivity index (χ4v) is 3.22. The minimum Gasteiger partial charge on any atom is -0.444 e. The Kier molecular flexibility index (Phi) is 7.26. The van der Waals surface area contributed by atoms with Crippen molar-refractivity contribution in [3.05, 3.63) is 35.9 Å². The molecule has 0 aliphatic carbocycles. The number of carbonyl (C=O) groups excluding carboxylic acids is 1. The number of nitrogens with zero attached hydrogens (tertiary/aromatic N) is 2. The van der Waals surface area contributed by atoms with Crippen molar-refractivity contribution < 1.29 is 14.6 Å². The molecular weight excluding hydrogens is 316 g/mol. The van der Waals surface area contributed by atoms with Crippen LogP contribution in [0.15, 0.2) is 30.3 Å². The van der Waals surface area contributed by atoms with Crippen LogP contribution in [0.1, 0.15) is 45.6 Å². The van der Waals surface area contributed by atoms with Crippen molar-refractivity contribution in [2.24, 2.45) is 0 Å². The molecule has 2 rings (SSSR count). The molecule has 0 aromatic heterocycles. The summed E-state index contributed by atoms with van der Waals surface area (Å²) in [6.07, 6.45) is 2.21. The molecule has 0 atom stereocenters. The molecular formula is C20H32N2O3. The van der Waals surface area contributed by atoms with Gasteiger partial charge in [-0.15, -0.1) is 0 Å². The number of aliphatic hydroxyl groups excluding tert-OH is 1. The third kappa shape index (κ3) is 6.67. The third-order valence-electron chi connectivity index (χ3n) is 4.43. The second-order valence-electron chi connectivity index (χ2n) is 7.74. The first kappa shape index (κ1) is 19.7. The summed E-state index contributed by atoms with van der Waals surface area (Å²) in [5, 5.41) is 9.15. The minimum atomic E-state index is -0.497. The lowest BCUT2D eigenvalue weighted by Gasteiger charge is -2.39. The first-order chi connectivity index (χ1) is 11.9. The number of rotatable bonds is 6. The Morgan fingerprint density at radius 2 is 1.88 bits per heavy atom. The van der Waals surface area contributed by atoms with Gasteiger partial charge in [-0.1, -0.05) is 30.3 Å². The molecule has 140 valence electrons. The Morgan fingerprint density at radius 1 is 1.24 bits per heavy atom. The summed E-state index contributed by atoms with van der Waals surface area (Å²) in [6, 6.07) is 10.7. The average molecular weight is 348 g/mol. The molecule has 25 heavy (non-hydrogen) atoms. The summed E-state index contributed by atoms with van der Waals surface area (Å²) in [4.78, 5) is 16.8. The summed E-state index contributed by atoms with van der Waals surface area (Å²) in [5.41, 5.74) is 0.827. The Bertz CT molecular complexity index is 519. The SMILES string of the molecule is CC(C)(C)OC(=O)N(CCCO)C1CCN(Cc2ccccc2)CC1. The molecule has 1 aromatic carbocycles. The molecule has 0 unspecified atom stereocenters. The zero-order valence-corrected chi connectivity index (χ0v) is 15.8. The van der Waals surface area contributed by atoms with Crippen LogP contribution in [0.5, 0.6) is 0 Å². The van der Waals surface area contributed by atoms with E-state index < -0.39 is 5.60 Å². The quantitative estimate of drug-likeness (QED) is 0.857. The van der Waals surface area contributed by atoms with E-state index in [1.165, 1.54) is 5.56 Å². The van der Waals surface area contributed by atoms with Gasteiger partial charge < -0.3 is 14.7 Å². The zero-order valence-electron chi connectivity index (χ0n) is 15.8. The van der Waals surface area contributed by atoms with Crippen LogP contribution in [0.3, 0.4) is 0 Å². The Labute approximate surface area is 151 Å². The monoisotopic (exact) mass is 348 g/mol. The molecule has 1 heterocycles. The number of amides is 1. The summed E-state index contributed by atoms with van der Waals surface area (Å²) in [5.74, 6) is 0. The number of likely N-dealkylation sites (tertiary alicyclic amines) is 1. The number of piperidine rings is 1. The van der Waals surface area contributed by atoms with Gasteiger partial charge in [0.15, 0.2) is 0 Å². The van der Waals surface area contributed by atoms with Crippen molar-refractivity contribution in [3.63, 3.8) is 0 Å². The number of hydrogen-bond donors (Lipinski definition) is 1. The smallest absolute Gasteiger partial charge is 0.410 e. The van der Waals surface area contributed by atoms with Crippen LogP contribution < -0.4 is 0 Å². The molecule has 5 heteroatoms. The van der Waals surface area contributed by atoms with E-state index in [-0.39, 0.29) is 18.7 Å². The second-order valence-corrected chi connectivity index (χ2v) is 7.74. The maximum absolute atomic E-state index is 12.5. The van der Waals surface area contributed by atoms with Gasteiger partial charge in [-0.25, -0.2) is 4.79 Å². The number of benzene rings is 1. The highest BCUT2D eigenvalue weighted by Gasteiger charge is 2.30. The van der Waals surface area contributed by atoms with Gasteiger partial charge in [-0.05, 0) is 45.6 Å². The van der Waals surface area contributed by atoms with Crippen molar-refractivity contribution in [1.29, 1.82) is 0 Å². The maximum Gasteiger partial charge on any atom is 0.410 e. The molecule has 1 aromatic rings. The topological polar surface area (TPSA) is 53.0 Å². The van der Waals surface area contributed by atoms with Gasteiger partial charge in [-0.3, -0.25) is 4.90 Å². The molecule has 0 saturated carbocycles. The molecule has 1 amide bonds. The van der Waals surface area contributed by atoms with Crippen LogP contribution in [0.25, 0.3) is 0 Å². The molecule has 1 aliphatic heterocycles. The highest BCUT2D eigenvalue weighted by molar-refractivity contribution is 5.68. The lowest BCUT2D eigenvalue weighted by Crippen LogP contribution is -2.49. The van der Waals surface area contributed by atoms with Gasteiger partial charge in [0.2, 0.25) is 0 Å². The minimum absolute atomic E-state index is 0.0894. The predicted octanol–water partition coefficient (Wildman–Crippen LogP) is 3.27. The van der Waals surface area contributed by atoms with Crippen molar-refractivity contribution in [2.45, 2.75) is 58.2 Å². The molecule has 5 nitrogen and oxygen atoms in total. The molecule has 1 fully saturated rings. The third-order valence-corrected chi connectivity index (χ3v) is 4.43. The van der Waals surface area contributed by atoms with Crippen LogP contribution in [-0.2, 0) is 11.3 Å². The van der Waals surface area contributed by atoms with Gasteiger partial charge in [-0.2, -0.15) is 0 Å². The van der Waals surface area contributed by atoms with E-state index in [9.17, 15) is 4.79 Å². The van der Waals surface area contributed by atoms with E-state index in [0.717, 1.165) is 32.5 Å².